The first kappa shape index (κ1) is 16.3. The van der Waals surface area contributed by atoms with E-state index in [-0.39, 0.29) is 0 Å². The summed E-state index contributed by atoms with van der Waals surface area (Å²) in [6.45, 7) is 1.42. The van der Waals surface area contributed by atoms with Gasteiger partial charge in [0.25, 0.3) is 0 Å². The van der Waals surface area contributed by atoms with Gasteiger partial charge in [-0.05, 0) is 38.4 Å². The Morgan fingerprint density at radius 1 is 1.08 bits per heavy atom. The van der Waals surface area contributed by atoms with Gasteiger partial charge in [-0.3, -0.25) is 0 Å². The minimum absolute atomic E-state index is 0.588. The molecule has 0 saturated carbocycles. The Hall–Kier alpha value is -2.53. The summed E-state index contributed by atoms with van der Waals surface area (Å²) in [7, 11) is 7.73. The quantitative estimate of drug-likeness (QED) is 0.698. The van der Waals surface area contributed by atoms with E-state index in [2.05, 4.69) is 15.5 Å². The Bertz CT molecular complexity index is 840. The molecule has 0 unspecified atom stereocenters. The molecule has 0 spiro atoms. The molecule has 0 aliphatic carbocycles. The highest BCUT2D eigenvalue weighted by Crippen LogP contribution is 2.38. The van der Waals surface area contributed by atoms with Crippen molar-refractivity contribution in [2.45, 2.75) is 0 Å². The Labute approximate surface area is 142 Å². The van der Waals surface area contributed by atoms with Crippen LogP contribution in [0, 0.1) is 0 Å². The van der Waals surface area contributed by atoms with Crippen molar-refractivity contribution in [3.8, 4) is 22.9 Å². The van der Waals surface area contributed by atoms with Gasteiger partial charge < -0.3 is 18.9 Å². The monoisotopic (exact) mass is 325 g/mol. The van der Waals surface area contributed by atoms with Gasteiger partial charge in [-0.1, -0.05) is 18.2 Å². The van der Waals surface area contributed by atoms with Gasteiger partial charge in [0.15, 0.2) is 11.5 Å². The van der Waals surface area contributed by atoms with E-state index in [1.807, 2.05) is 57.5 Å². The van der Waals surface area contributed by atoms with E-state index >= 15 is 0 Å². The molecule has 0 saturated heterocycles. The highest BCUT2D eigenvalue weighted by atomic mass is 16.5. The average Bonchev–Trinajstić information content (AvgIpc) is 2.92. The van der Waals surface area contributed by atoms with Crippen LogP contribution in [0.5, 0.6) is 11.5 Å². The number of para-hydroxylation sites is 3. The number of hydrogen-bond donors (Lipinski definition) is 0. The zero-order chi connectivity index (χ0) is 17.1. The summed E-state index contributed by atoms with van der Waals surface area (Å²) in [5, 5.41) is 0. The minimum Gasteiger partial charge on any atom is -0.493 e. The molecule has 1 heterocycles. The molecule has 126 valence electrons. The number of methoxy groups -OCH3 is 1. The number of hydrogen-bond acceptors (Lipinski definition) is 4. The number of ether oxygens (including phenoxy) is 2. The first-order valence-electron chi connectivity index (χ1n) is 7.98. The maximum Gasteiger partial charge on any atom is 0.172 e. The van der Waals surface area contributed by atoms with Gasteiger partial charge in [-0.25, -0.2) is 4.98 Å². The van der Waals surface area contributed by atoms with Crippen molar-refractivity contribution in [2.75, 3.05) is 34.4 Å². The van der Waals surface area contributed by atoms with Crippen LogP contribution in [0.25, 0.3) is 22.4 Å². The zero-order valence-electron chi connectivity index (χ0n) is 14.6. The molecule has 0 aliphatic heterocycles. The standard InChI is InChI=1S/C19H23N3O2/c1-21(2)12-13-24-18-14(8-7-11-17(18)23-4)19-20-15-9-5-6-10-16(15)22(19)3/h5-11H,12-13H2,1-4H3. The fraction of sp³-hybridized carbons (Fsp3) is 0.316. The first-order chi connectivity index (χ1) is 11.6. The molecule has 0 fully saturated rings. The van der Waals surface area contributed by atoms with Gasteiger partial charge in [0.1, 0.15) is 12.4 Å². The van der Waals surface area contributed by atoms with E-state index in [1.54, 1.807) is 7.11 Å². The van der Waals surface area contributed by atoms with E-state index in [9.17, 15) is 0 Å². The highest BCUT2D eigenvalue weighted by Gasteiger charge is 2.17. The number of likely N-dealkylation sites (N-methyl/N-ethyl adjacent to an activating group) is 1. The topological polar surface area (TPSA) is 39.5 Å². The molecule has 1 aromatic heterocycles. The van der Waals surface area contributed by atoms with Gasteiger partial charge in [0, 0.05) is 13.6 Å². The van der Waals surface area contributed by atoms with E-state index in [4.69, 9.17) is 14.5 Å². The first-order valence-corrected chi connectivity index (χ1v) is 7.98. The lowest BCUT2D eigenvalue weighted by molar-refractivity contribution is 0.251. The molecule has 2 aromatic carbocycles. The lowest BCUT2D eigenvalue weighted by Crippen LogP contribution is -2.19. The number of aromatic nitrogens is 2. The van der Waals surface area contributed by atoms with Crippen molar-refractivity contribution in [1.29, 1.82) is 0 Å². The molecule has 0 N–H and O–H groups in total. The average molecular weight is 325 g/mol. The summed E-state index contributed by atoms with van der Waals surface area (Å²) in [5.74, 6) is 2.33. The second-order valence-corrected chi connectivity index (χ2v) is 5.97. The summed E-state index contributed by atoms with van der Waals surface area (Å²) in [5.41, 5.74) is 3.00. The fourth-order valence-corrected chi connectivity index (χ4v) is 2.72. The third-order valence-electron chi connectivity index (χ3n) is 4.01. The molecule has 3 aromatic rings. The Kier molecular flexibility index (Phi) is 4.71. The molecule has 0 atom stereocenters. The molecule has 0 bridgehead atoms. The van der Waals surface area contributed by atoms with Gasteiger partial charge in [0.2, 0.25) is 0 Å². The van der Waals surface area contributed by atoms with Crippen molar-refractivity contribution in [3.05, 3.63) is 42.5 Å². The van der Waals surface area contributed by atoms with Gasteiger partial charge >= 0.3 is 0 Å². The Balaban J connectivity index is 2.07. The summed E-state index contributed by atoms with van der Waals surface area (Å²) in [6, 6.07) is 14.0. The molecule has 24 heavy (non-hydrogen) atoms. The number of aryl methyl sites for hydroxylation is 1. The van der Waals surface area contributed by atoms with Crippen molar-refractivity contribution < 1.29 is 9.47 Å². The molecule has 3 rings (SSSR count). The maximum absolute atomic E-state index is 6.06. The minimum atomic E-state index is 0.588. The van der Waals surface area contributed by atoms with Crippen LogP contribution in [0.3, 0.4) is 0 Å². The number of imidazole rings is 1. The predicted molar refractivity (Wildman–Crippen MR) is 96.8 cm³/mol. The zero-order valence-corrected chi connectivity index (χ0v) is 14.6. The van der Waals surface area contributed by atoms with Crippen molar-refractivity contribution in [2.24, 2.45) is 7.05 Å². The number of rotatable bonds is 6. The van der Waals surface area contributed by atoms with Crippen LogP contribution in [-0.2, 0) is 7.05 Å². The molecule has 0 amide bonds. The van der Waals surface area contributed by atoms with E-state index in [1.165, 1.54) is 0 Å². The second kappa shape index (κ2) is 6.93. The molecule has 0 radical (unpaired) electrons. The summed E-state index contributed by atoms with van der Waals surface area (Å²) < 4.78 is 13.6. The third kappa shape index (κ3) is 3.08. The third-order valence-corrected chi connectivity index (χ3v) is 4.01. The van der Waals surface area contributed by atoms with E-state index in [0.717, 1.165) is 40.5 Å². The number of nitrogens with zero attached hydrogens (tertiary/aromatic N) is 3. The Morgan fingerprint density at radius 2 is 1.88 bits per heavy atom. The van der Waals surface area contributed by atoms with Crippen LogP contribution < -0.4 is 9.47 Å². The van der Waals surface area contributed by atoms with Crippen LogP contribution in [-0.4, -0.2) is 48.8 Å². The predicted octanol–water partition coefficient (Wildman–Crippen LogP) is 3.19. The van der Waals surface area contributed by atoms with Crippen LogP contribution in [0.15, 0.2) is 42.5 Å². The molecule has 0 aliphatic rings. The highest BCUT2D eigenvalue weighted by molar-refractivity contribution is 5.82. The molecular formula is C19H23N3O2. The van der Waals surface area contributed by atoms with Gasteiger partial charge in [-0.2, -0.15) is 0 Å². The SMILES string of the molecule is COc1cccc(-c2nc3ccccc3n2C)c1OCCN(C)C. The smallest absolute Gasteiger partial charge is 0.172 e. The molecule has 5 nitrogen and oxygen atoms in total. The van der Waals surface area contributed by atoms with Crippen LogP contribution in [0.4, 0.5) is 0 Å². The summed E-state index contributed by atoms with van der Waals surface area (Å²) in [4.78, 5) is 6.87. The fourth-order valence-electron chi connectivity index (χ4n) is 2.72. The summed E-state index contributed by atoms with van der Waals surface area (Å²) >= 11 is 0. The lowest BCUT2D eigenvalue weighted by Gasteiger charge is -2.16. The van der Waals surface area contributed by atoms with Crippen molar-refractivity contribution in [3.63, 3.8) is 0 Å². The van der Waals surface area contributed by atoms with E-state index < -0.39 is 0 Å². The lowest BCUT2D eigenvalue weighted by atomic mass is 10.1. The van der Waals surface area contributed by atoms with Crippen LogP contribution in [0.2, 0.25) is 0 Å². The summed E-state index contributed by atoms with van der Waals surface area (Å²) in [6.07, 6.45) is 0. The maximum atomic E-state index is 6.06. The Morgan fingerprint density at radius 3 is 2.58 bits per heavy atom. The van der Waals surface area contributed by atoms with Crippen LogP contribution >= 0.6 is 0 Å². The number of fused-ring (bicyclic) bond motifs is 1. The second-order valence-electron chi connectivity index (χ2n) is 5.97. The van der Waals surface area contributed by atoms with Gasteiger partial charge in [-0.15, -0.1) is 0 Å². The van der Waals surface area contributed by atoms with Crippen molar-refractivity contribution in [1.82, 2.24) is 14.5 Å². The molecular weight excluding hydrogens is 302 g/mol. The van der Waals surface area contributed by atoms with Gasteiger partial charge in [0.05, 0.1) is 23.7 Å². The van der Waals surface area contributed by atoms with Crippen molar-refractivity contribution >= 4 is 11.0 Å². The molecule has 5 heteroatoms. The largest absolute Gasteiger partial charge is 0.493 e. The normalized spacial score (nSPS) is 11.2. The van der Waals surface area contributed by atoms with Crippen LogP contribution in [0.1, 0.15) is 0 Å². The van der Waals surface area contributed by atoms with E-state index in [0.29, 0.717) is 6.61 Å². The number of benzene rings is 2.